The van der Waals surface area contributed by atoms with Crippen molar-refractivity contribution >= 4 is 34.6 Å². The van der Waals surface area contributed by atoms with Gasteiger partial charge in [0.2, 0.25) is 5.91 Å². The summed E-state index contributed by atoms with van der Waals surface area (Å²) >= 11 is 1.24. The number of imide groups is 1. The molecule has 1 aliphatic rings. The van der Waals surface area contributed by atoms with Crippen molar-refractivity contribution in [2.24, 2.45) is 0 Å². The van der Waals surface area contributed by atoms with Gasteiger partial charge < -0.3 is 5.32 Å². The van der Waals surface area contributed by atoms with Crippen LogP contribution in [0.3, 0.4) is 0 Å². The third kappa shape index (κ3) is 4.38. The number of fused-ring (bicyclic) bond motifs is 1. The predicted molar refractivity (Wildman–Crippen MR) is 111 cm³/mol. The van der Waals surface area contributed by atoms with Crippen molar-refractivity contribution in [3.63, 3.8) is 0 Å². The van der Waals surface area contributed by atoms with E-state index in [0.717, 1.165) is 25.7 Å². The molecule has 0 radical (unpaired) electrons. The van der Waals surface area contributed by atoms with Crippen LogP contribution in [-0.4, -0.2) is 44.7 Å². The molecule has 1 fully saturated rings. The summed E-state index contributed by atoms with van der Waals surface area (Å²) in [6.45, 7) is 5.31. The van der Waals surface area contributed by atoms with Gasteiger partial charge in [0.05, 0.1) is 16.2 Å². The van der Waals surface area contributed by atoms with Gasteiger partial charge in [-0.2, -0.15) is 0 Å². The van der Waals surface area contributed by atoms with Crippen LogP contribution in [0.2, 0.25) is 0 Å². The molecule has 150 valence electrons. The number of urea groups is 1. The van der Waals surface area contributed by atoms with Crippen LogP contribution in [0, 0.1) is 0 Å². The first-order chi connectivity index (χ1) is 13.5. The summed E-state index contributed by atoms with van der Waals surface area (Å²) in [6.07, 6.45) is 4.17. The molecule has 0 bridgehead atoms. The SMILES string of the molecule is CCCCCCn1c(S[C@@H](C)C(=O)N2CCNC2=O)nc2ccccc2c1=O. The average Bonchev–Trinajstić information content (AvgIpc) is 3.12. The highest BCUT2D eigenvalue weighted by Gasteiger charge is 2.31. The number of para-hydroxylation sites is 1. The standard InChI is InChI=1S/C20H26N4O3S/c1-3-4-5-8-12-24-18(26)15-9-6-7-10-16(15)22-20(24)28-14(2)17(25)23-13-11-21-19(23)27/h6-7,9-10,14H,3-5,8,11-13H2,1-2H3,(H,21,27)/t14-/m0/s1. The van der Waals surface area contributed by atoms with E-state index in [0.29, 0.717) is 35.7 Å². The Bertz CT molecular complexity index is 927. The van der Waals surface area contributed by atoms with Gasteiger partial charge >= 0.3 is 6.03 Å². The van der Waals surface area contributed by atoms with Gasteiger partial charge in [0.25, 0.3) is 5.56 Å². The molecule has 1 aliphatic heterocycles. The lowest BCUT2D eigenvalue weighted by molar-refractivity contribution is -0.126. The third-order valence-electron chi connectivity index (χ3n) is 4.81. The van der Waals surface area contributed by atoms with E-state index < -0.39 is 5.25 Å². The molecule has 0 saturated carbocycles. The van der Waals surface area contributed by atoms with E-state index in [-0.39, 0.29) is 17.5 Å². The summed E-state index contributed by atoms with van der Waals surface area (Å²) in [6, 6.07) is 6.91. The Morgan fingerprint density at radius 1 is 1.25 bits per heavy atom. The van der Waals surface area contributed by atoms with Crippen molar-refractivity contribution in [2.75, 3.05) is 13.1 Å². The highest BCUT2D eigenvalue weighted by molar-refractivity contribution is 8.00. The average molecular weight is 403 g/mol. The van der Waals surface area contributed by atoms with Crippen molar-refractivity contribution in [1.29, 1.82) is 0 Å². The number of hydrogen-bond donors (Lipinski definition) is 1. The molecule has 2 heterocycles. The quantitative estimate of drug-likeness (QED) is 0.417. The van der Waals surface area contributed by atoms with Crippen LogP contribution in [0.4, 0.5) is 4.79 Å². The maximum atomic E-state index is 13.0. The fraction of sp³-hybridized carbons (Fsp3) is 0.500. The Kier molecular flexibility index (Phi) is 6.72. The van der Waals surface area contributed by atoms with Gasteiger partial charge in [0, 0.05) is 19.6 Å². The van der Waals surface area contributed by atoms with Gasteiger partial charge in [-0.3, -0.25) is 19.1 Å². The van der Waals surface area contributed by atoms with Crippen molar-refractivity contribution < 1.29 is 9.59 Å². The monoisotopic (exact) mass is 402 g/mol. The van der Waals surface area contributed by atoms with E-state index >= 15 is 0 Å². The zero-order chi connectivity index (χ0) is 20.1. The van der Waals surface area contributed by atoms with Crippen molar-refractivity contribution in [2.45, 2.75) is 56.5 Å². The van der Waals surface area contributed by atoms with Gasteiger partial charge in [-0.05, 0) is 25.5 Å². The van der Waals surface area contributed by atoms with Gasteiger partial charge in [-0.25, -0.2) is 9.78 Å². The molecular weight excluding hydrogens is 376 g/mol. The molecule has 28 heavy (non-hydrogen) atoms. The van der Waals surface area contributed by atoms with Crippen molar-refractivity contribution in [1.82, 2.24) is 19.8 Å². The van der Waals surface area contributed by atoms with Gasteiger partial charge in [0.1, 0.15) is 0 Å². The van der Waals surface area contributed by atoms with Crippen LogP contribution in [0.25, 0.3) is 10.9 Å². The Morgan fingerprint density at radius 3 is 2.75 bits per heavy atom. The van der Waals surface area contributed by atoms with E-state index in [2.05, 4.69) is 17.2 Å². The number of carbonyl (C=O) groups is 2. The topological polar surface area (TPSA) is 84.3 Å². The second-order valence-electron chi connectivity index (χ2n) is 6.91. The van der Waals surface area contributed by atoms with Gasteiger partial charge in [-0.1, -0.05) is 50.1 Å². The van der Waals surface area contributed by atoms with Crippen LogP contribution in [0.5, 0.6) is 0 Å². The molecule has 1 aromatic carbocycles. The van der Waals surface area contributed by atoms with Gasteiger partial charge in [-0.15, -0.1) is 0 Å². The molecule has 1 N–H and O–H groups in total. The molecule has 1 atom stereocenters. The number of amides is 3. The molecule has 1 saturated heterocycles. The number of unbranched alkanes of at least 4 members (excludes halogenated alkanes) is 3. The molecule has 3 amide bonds. The molecule has 0 aliphatic carbocycles. The summed E-state index contributed by atoms with van der Waals surface area (Å²) < 4.78 is 1.68. The van der Waals surface area contributed by atoms with E-state index in [1.165, 1.54) is 16.7 Å². The lowest BCUT2D eigenvalue weighted by atomic mass is 10.2. The number of nitrogens with zero attached hydrogens (tertiary/aromatic N) is 3. The fourth-order valence-corrected chi connectivity index (χ4v) is 4.24. The van der Waals surface area contributed by atoms with Crippen molar-refractivity contribution in [3.8, 4) is 0 Å². The zero-order valence-corrected chi connectivity index (χ0v) is 17.1. The molecule has 3 rings (SSSR count). The molecule has 0 unspecified atom stereocenters. The third-order valence-corrected chi connectivity index (χ3v) is 5.89. The highest BCUT2D eigenvalue weighted by atomic mass is 32.2. The number of hydrogen-bond acceptors (Lipinski definition) is 5. The lowest BCUT2D eigenvalue weighted by Gasteiger charge is -2.19. The van der Waals surface area contributed by atoms with Crippen LogP contribution in [0.15, 0.2) is 34.2 Å². The summed E-state index contributed by atoms with van der Waals surface area (Å²) in [4.78, 5) is 43.3. The molecule has 8 heteroatoms. The second kappa shape index (κ2) is 9.23. The summed E-state index contributed by atoms with van der Waals surface area (Å²) in [5.74, 6) is -0.264. The number of thioether (sulfide) groups is 1. The lowest BCUT2D eigenvalue weighted by Crippen LogP contribution is -2.39. The first-order valence-corrected chi connectivity index (χ1v) is 10.7. The number of benzene rings is 1. The summed E-state index contributed by atoms with van der Waals surface area (Å²) in [5, 5.41) is 3.24. The Morgan fingerprint density at radius 2 is 2.04 bits per heavy atom. The summed E-state index contributed by atoms with van der Waals surface area (Å²) in [7, 11) is 0. The van der Waals surface area contributed by atoms with E-state index in [1.54, 1.807) is 17.6 Å². The Labute approximate surface area is 168 Å². The number of rotatable bonds is 8. The molecular formula is C20H26N4O3S. The minimum Gasteiger partial charge on any atom is -0.336 e. The van der Waals surface area contributed by atoms with Crippen molar-refractivity contribution in [3.05, 3.63) is 34.6 Å². The molecule has 1 aromatic heterocycles. The molecule has 0 spiro atoms. The maximum absolute atomic E-state index is 13.0. The zero-order valence-electron chi connectivity index (χ0n) is 16.3. The minimum absolute atomic E-state index is 0.0804. The minimum atomic E-state index is -0.515. The van der Waals surface area contributed by atoms with Crippen LogP contribution in [-0.2, 0) is 11.3 Å². The number of nitrogens with one attached hydrogen (secondary N) is 1. The van der Waals surface area contributed by atoms with Gasteiger partial charge in [0.15, 0.2) is 5.16 Å². The first kappa shape index (κ1) is 20.4. The summed E-state index contributed by atoms with van der Waals surface area (Å²) in [5.41, 5.74) is 0.543. The van der Waals surface area contributed by atoms with E-state index in [9.17, 15) is 14.4 Å². The number of carbonyl (C=O) groups excluding carboxylic acids is 2. The second-order valence-corrected chi connectivity index (χ2v) is 8.22. The molecule has 2 aromatic rings. The smallest absolute Gasteiger partial charge is 0.324 e. The highest BCUT2D eigenvalue weighted by Crippen LogP contribution is 2.24. The molecule has 7 nitrogen and oxygen atoms in total. The Balaban J connectivity index is 1.88. The maximum Gasteiger partial charge on any atom is 0.324 e. The number of aromatic nitrogens is 2. The predicted octanol–water partition coefficient (Wildman–Crippen LogP) is 3.01. The fourth-order valence-electron chi connectivity index (χ4n) is 3.24. The first-order valence-electron chi connectivity index (χ1n) is 9.78. The van der Waals surface area contributed by atoms with Crippen LogP contribution >= 0.6 is 11.8 Å². The van der Waals surface area contributed by atoms with Crippen LogP contribution < -0.4 is 10.9 Å². The van der Waals surface area contributed by atoms with E-state index in [1.807, 2.05) is 18.2 Å². The largest absolute Gasteiger partial charge is 0.336 e. The van der Waals surface area contributed by atoms with Crippen LogP contribution in [0.1, 0.15) is 39.5 Å². The Hall–Kier alpha value is -2.35. The van der Waals surface area contributed by atoms with E-state index in [4.69, 9.17) is 0 Å². The normalized spacial score (nSPS) is 15.1.